The van der Waals surface area contributed by atoms with Crippen molar-refractivity contribution in [1.29, 1.82) is 0 Å². The summed E-state index contributed by atoms with van der Waals surface area (Å²) in [5.41, 5.74) is 1.87. The van der Waals surface area contributed by atoms with Gasteiger partial charge in [0.25, 0.3) is 0 Å². The number of ether oxygens (including phenoxy) is 1. The van der Waals surface area contributed by atoms with Gasteiger partial charge in [-0.1, -0.05) is 30.7 Å². The first-order valence-corrected chi connectivity index (χ1v) is 12.4. The highest BCUT2D eigenvalue weighted by Crippen LogP contribution is 2.42. The summed E-state index contributed by atoms with van der Waals surface area (Å²) in [6, 6.07) is 11.8. The summed E-state index contributed by atoms with van der Waals surface area (Å²) in [4.78, 5) is 54.4. The summed E-state index contributed by atoms with van der Waals surface area (Å²) < 4.78 is 5.60. The van der Waals surface area contributed by atoms with E-state index in [-0.39, 0.29) is 48.3 Å². The molecule has 2 saturated heterocycles. The van der Waals surface area contributed by atoms with Crippen LogP contribution in [-0.4, -0.2) is 30.2 Å². The molecule has 8 heteroatoms. The molecule has 35 heavy (non-hydrogen) atoms. The summed E-state index contributed by atoms with van der Waals surface area (Å²) in [6.45, 7) is 4.14. The molecule has 3 aliphatic rings. The van der Waals surface area contributed by atoms with Gasteiger partial charge in [0.2, 0.25) is 17.7 Å². The number of anilines is 2. The van der Waals surface area contributed by atoms with Crippen molar-refractivity contribution in [2.75, 3.05) is 16.3 Å². The summed E-state index contributed by atoms with van der Waals surface area (Å²) in [5, 5.41) is 0.554. The first-order chi connectivity index (χ1) is 16.7. The molecule has 0 unspecified atom stereocenters. The largest absolute Gasteiger partial charge is 0.426 e. The fourth-order valence-corrected chi connectivity index (χ4v) is 5.69. The smallest absolute Gasteiger partial charge is 0.316 e. The van der Waals surface area contributed by atoms with Crippen LogP contribution in [0.3, 0.4) is 0 Å². The fourth-order valence-electron chi connectivity index (χ4n) is 5.52. The number of rotatable bonds is 4. The Hall–Kier alpha value is -3.19. The lowest BCUT2D eigenvalue weighted by molar-refractivity contribution is -0.139. The predicted molar refractivity (Wildman–Crippen MR) is 131 cm³/mol. The van der Waals surface area contributed by atoms with E-state index in [1.165, 1.54) is 4.90 Å². The van der Waals surface area contributed by atoms with Gasteiger partial charge in [0, 0.05) is 29.7 Å². The topological polar surface area (TPSA) is 84.0 Å². The number of fused-ring (bicyclic) bond motifs is 1. The van der Waals surface area contributed by atoms with Crippen LogP contribution in [0.25, 0.3) is 0 Å². The number of amides is 3. The zero-order chi connectivity index (χ0) is 24.9. The Morgan fingerprint density at radius 2 is 1.77 bits per heavy atom. The van der Waals surface area contributed by atoms with Crippen LogP contribution >= 0.6 is 11.6 Å². The van der Waals surface area contributed by atoms with Crippen LogP contribution in [0.15, 0.2) is 42.5 Å². The molecule has 0 bridgehead atoms. The molecule has 3 amide bonds. The van der Waals surface area contributed by atoms with Crippen LogP contribution in [0.5, 0.6) is 5.75 Å². The summed E-state index contributed by atoms with van der Waals surface area (Å²) in [5.74, 6) is -1.57. The van der Waals surface area contributed by atoms with E-state index in [2.05, 4.69) is 6.92 Å². The first-order valence-electron chi connectivity index (χ1n) is 12.0. The third-order valence-corrected chi connectivity index (χ3v) is 7.88. The Kier molecular flexibility index (Phi) is 6.13. The van der Waals surface area contributed by atoms with E-state index >= 15 is 0 Å². The van der Waals surface area contributed by atoms with E-state index in [1.807, 2.05) is 6.92 Å². The van der Waals surface area contributed by atoms with Crippen molar-refractivity contribution in [2.45, 2.75) is 39.5 Å². The van der Waals surface area contributed by atoms with Crippen molar-refractivity contribution in [1.82, 2.24) is 0 Å². The standard InChI is InChI=1S/C27H27ClN2O5/c1-15-9-10-20-21(11-15)26(33)30(25(20)32)18-5-3-6-19(13-18)35-27(34)17-12-24(31)29(14-17)23-8-4-7-22(28)16(23)2/h3-8,13,15,17,20-21H,9-12,14H2,1-2H3/t15-,17-,20-,21-/m1/s1. The van der Waals surface area contributed by atoms with Gasteiger partial charge in [-0.3, -0.25) is 19.2 Å². The van der Waals surface area contributed by atoms with E-state index in [1.54, 1.807) is 47.4 Å². The van der Waals surface area contributed by atoms with Gasteiger partial charge in [-0.25, -0.2) is 4.90 Å². The zero-order valence-corrected chi connectivity index (χ0v) is 20.5. The molecular weight excluding hydrogens is 468 g/mol. The molecule has 1 aliphatic carbocycles. The van der Waals surface area contributed by atoms with Crippen molar-refractivity contribution in [3.63, 3.8) is 0 Å². The number of halogens is 1. The van der Waals surface area contributed by atoms with Gasteiger partial charge in [-0.05, 0) is 61.9 Å². The van der Waals surface area contributed by atoms with Crippen molar-refractivity contribution < 1.29 is 23.9 Å². The van der Waals surface area contributed by atoms with Crippen LogP contribution in [0.4, 0.5) is 11.4 Å². The van der Waals surface area contributed by atoms with Gasteiger partial charge in [-0.2, -0.15) is 0 Å². The van der Waals surface area contributed by atoms with Gasteiger partial charge >= 0.3 is 5.97 Å². The quantitative estimate of drug-likeness (QED) is 0.354. The third-order valence-electron chi connectivity index (χ3n) is 7.47. The Morgan fingerprint density at radius 3 is 2.57 bits per heavy atom. The highest BCUT2D eigenvalue weighted by atomic mass is 35.5. The normalized spacial score (nSPS) is 26.3. The van der Waals surface area contributed by atoms with Crippen LogP contribution in [-0.2, 0) is 19.2 Å². The van der Waals surface area contributed by atoms with Crippen molar-refractivity contribution in [3.8, 4) is 5.75 Å². The van der Waals surface area contributed by atoms with E-state index in [0.29, 0.717) is 22.3 Å². The SMILES string of the molecule is Cc1c(Cl)cccc1N1C[C@H](C(=O)Oc2cccc(N3C(=O)[C@@H]4CC[C@@H](C)C[C@H]4C3=O)c2)CC1=O. The van der Waals surface area contributed by atoms with Crippen molar-refractivity contribution in [2.24, 2.45) is 23.7 Å². The molecule has 0 spiro atoms. The molecule has 5 rings (SSSR count). The van der Waals surface area contributed by atoms with Crippen molar-refractivity contribution in [3.05, 3.63) is 53.1 Å². The summed E-state index contributed by atoms with van der Waals surface area (Å²) in [7, 11) is 0. The van der Waals surface area contributed by atoms with Gasteiger partial charge in [0.05, 0.1) is 23.4 Å². The molecule has 2 aliphatic heterocycles. The van der Waals surface area contributed by atoms with E-state index in [4.69, 9.17) is 16.3 Å². The maximum absolute atomic E-state index is 13.0. The maximum Gasteiger partial charge on any atom is 0.316 e. The molecule has 1 saturated carbocycles. The molecule has 2 aromatic rings. The Bertz CT molecular complexity index is 1230. The third kappa shape index (κ3) is 4.22. The molecule has 7 nitrogen and oxygen atoms in total. The Labute approximate surface area is 209 Å². The molecule has 0 aromatic heterocycles. The second kappa shape index (κ2) is 9.11. The van der Waals surface area contributed by atoms with Gasteiger partial charge < -0.3 is 9.64 Å². The number of imide groups is 1. The number of hydrogen-bond acceptors (Lipinski definition) is 5. The highest BCUT2D eigenvalue weighted by Gasteiger charge is 2.50. The van der Waals surface area contributed by atoms with E-state index in [9.17, 15) is 19.2 Å². The van der Waals surface area contributed by atoms with Crippen LogP contribution in [0, 0.1) is 30.6 Å². The van der Waals surface area contributed by atoms with Crippen molar-refractivity contribution >= 4 is 46.7 Å². The zero-order valence-electron chi connectivity index (χ0n) is 19.7. The minimum absolute atomic E-state index is 0.0368. The number of esters is 1. The maximum atomic E-state index is 13.0. The Balaban J connectivity index is 1.30. The van der Waals surface area contributed by atoms with E-state index in [0.717, 1.165) is 24.8 Å². The second-order valence-corrected chi connectivity index (χ2v) is 10.3. The molecule has 182 valence electrons. The van der Waals surface area contributed by atoms with Gasteiger partial charge in [0.1, 0.15) is 5.75 Å². The minimum atomic E-state index is -0.635. The predicted octanol–water partition coefficient (Wildman–Crippen LogP) is 4.53. The number of carbonyl (C=O) groups is 4. The number of hydrogen-bond donors (Lipinski definition) is 0. The van der Waals surface area contributed by atoms with Crippen LogP contribution in [0.1, 0.15) is 38.2 Å². The molecule has 3 fully saturated rings. The minimum Gasteiger partial charge on any atom is -0.426 e. The molecule has 0 N–H and O–H groups in total. The fraction of sp³-hybridized carbons (Fsp3) is 0.407. The molecular formula is C27H27ClN2O5. The number of nitrogens with zero attached hydrogens (tertiary/aromatic N) is 2. The second-order valence-electron chi connectivity index (χ2n) is 9.85. The number of benzene rings is 2. The molecule has 0 radical (unpaired) electrons. The molecule has 4 atom stereocenters. The summed E-state index contributed by atoms with van der Waals surface area (Å²) in [6.07, 6.45) is 2.42. The van der Waals surface area contributed by atoms with Gasteiger partial charge in [0.15, 0.2) is 0 Å². The molecule has 2 heterocycles. The monoisotopic (exact) mass is 494 g/mol. The van der Waals surface area contributed by atoms with Crippen LogP contribution in [0.2, 0.25) is 5.02 Å². The van der Waals surface area contributed by atoms with Crippen LogP contribution < -0.4 is 14.5 Å². The first kappa shape index (κ1) is 23.5. The number of carbonyl (C=O) groups excluding carboxylic acids is 4. The highest BCUT2D eigenvalue weighted by molar-refractivity contribution is 6.31. The lowest BCUT2D eigenvalue weighted by Gasteiger charge is -2.25. The molecule has 2 aromatic carbocycles. The van der Waals surface area contributed by atoms with E-state index < -0.39 is 11.9 Å². The Morgan fingerprint density at radius 1 is 1.03 bits per heavy atom. The average molecular weight is 495 g/mol. The average Bonchev–Trinajstić information content (AvgIpc) is 3.33. The summed E-state index contributed by atoms with van der Waals surface area (Å²) >= 11 is 6.20. The lowest BCUT2D eigenvalue weighted by Crippen LogP contribution is -2.31. The lowest BCUT2D eigenvalue weighted by atomic mass is 9.76. The van der Waals surface area contributed by atoms with Gasteiger partial charge in [-0.15, -0.1) is 0 Å².